The van der Waals surface area contributed by atoms with E-state index in [0.29, 0.717) is 12.5 Å². The minimum absolute atomic E-state index is 0.0109. The number of nitrogens with two attached hydrogens (primary N) is 1. The van der Waals surface area contributed by atoms with E-state index < -0.39 is 0 Å². The molecule has 3 nitrogen and oxygen atoms in total. The van der Waals surface area contributed by atoms with Gasteiger partial charge in [0, 0.05) is 13.2 Å². The van der Waals surface area contributed by atoms with E-state index in [1.807, 2.05) is 0 Å². The van der Waals surface area contributed by atoms with Gasteiger partial charge >= 0.3 is 0 Å². The Labute approximate surface area is 106 Å². The summed E-state index contributed by atoms with van der Waals surface area (Å²) in [6, 6.07) is 0.0109. The number of ether oxygens (including phenoxy) is 2. The number of rotatable bonds is 7. The van der Waals surface area contributed by atoms with Gasteiger partial charge in [0.05, 0.1) is 18.2 Å². The van der Waals surface area contributed by atoms with Crippen molar-refractivity contribution < 1.29 is 9.47 Å². The fraction of sp³-hybridized carbons (Fsp3) is 1.00. The van der Waals surface area contributed by atoms with Crippen molar-refractivity contribution in [2.75, 3.05) is 19.8 Å². The first kappa shape index (κ1) is 14.9. The third kappa shape index (κ3) is 4.23. The summed E-state index contributed by atoms with van der Waals surface area (Å²) in [5.41, 5.74) is 6.18. The van der Waals surface area contributed by atoms with Crippen molar-refractivity contribution in [3.05, 3.63) is 0 Å². The second kappa shape index (κ2) is 7.34. The molecule has 102 valence electrons. The van der Waals surface area contributed by atoms with Gasteiger partial charge in [-0.25, -0.2) is 0 Å². The third-order valence-electron chi connectivity index (χ3n) is 3.74. The van der Waals surface area contributed by atoms with Gasteiger partial charge < -0.3 is 15.2 Å². The Hall–Kier alpha value is -0.120. The van der Waals surface area contributed by atoms with Gasteiger partial charge in [0.1, 0.15) is 0 Å². The van der Waals surface area contributed by atoms with Crippen LogP contribution in [-0.2, 0) is 9.47 Å². The lowest BCUT2D eigenvalue weighted by Gasteiger charge is -2.43. The minimum Gasteiger partial charge on any atom is -0.380 e. The van der Waals surface area contributed by atoms with Crippen molar-refractivity contribution in [3.8, 4) is 0 Å². The summed E-state index contributed by atoms with van der Waals surface area (Å²) in [6.07, 6.45) is 5.74. The molecular formula is C14H29NO2. The summed E-state index contributed by atoms with van der Waals surface area (Å²) in [6.45, 7) is 8.64. The zero-order valence-corrected chi connectivity index (χ0v) is 11.7. The lowest BCUT2D eigenvalue weighted by molar-refractivity contribution is -0.106. The zero-order valence-electron chi connectivity index (χ0n) is 11.7. The van der Waals surface area contributed by atoms with Crippen LogP contribution < -0.4 is 5.73 Å². The Morgan fingerprint density at radius 1 is 1.41 bits per heavy atom. The maximum Gasteiger partial charge on any atom is 0.0857 e. The molecule has 0 saturated heterocycles. The highest BCUT2D eigenvalue weighted by Crippen LogP contribution is 2.37. The topological polar surface area (TPSA) is 44.5 Å². The van der Waals surface area contributed by atoms with Crippen LogP contribution in [0.15, 0.2) is 0 Å². The molecule has 3 atom stereocenters. The quantitative estimate of drug-likeness (QED) is 0.699. The minimum atomic E-state index is -0.139. The van der Waals surface area contributed by atoms with Gasteiger partial charge in [-0.3, -0.25) is 0 Å². The van der Waals surface area contributed by atoms with Crippen molar-refractivity contribution >= 4 is 0 Å². The molecule has 3 unspecified atom stereocenters. The Balaban J connectivity index is 2.55. The van der Waals surface area contributed by atoms with Gasteiger partial charge in [-0.05, 0) is 32.1 Å². The molecule has 0 spiro atoms. The molecule has 1 saturated carbocycles. The summed E-state index contributed by atoms with van der Waals surface area (Å²) in [5.74, 6) is 0.715. The number of hydrogen-bond donors (Lipinski definition) is 1. The maximum atomic E-state index is 6.32. The van der Waals surface area contributed by atoms with Crippen LogP contribution in [-0.4, -0.2) is 31.5 Å². The molecule has 17 heavy (non-hydrogen) atoms. The molecule has 0 aromatic rings. The molecule has 1 rings (SSSR count). The standard InChI is InChI=1S/C14H29NO2/c1-4-9-16-11-13(15)14(17-5-2)8-6-7-12(3)10-14/h12-13H,4-11,15H2,1-3H3. The van der Waals surface area contributed by atoms with E-state index >= 15 is 0 Å². The maximum absolute atomic E-state index is 6.32. The fourth-order valence-corrected chi connectivity index (χ4v) is 2.91. The average molecular weight is 243 g/mol. The van der Waals surface area contributed by atoms with Gasteiger partial charge in [0.25, 0.3) is 0 Å². The molecule has 3 heteroatoms. The van der Waals surface area contributed by atoms with Gasteiger partial charge in [0.2, 0.25) is 0 Å². The highest BCUT2D eigenvalue weighted by molar-refractivity contribution is 4.95. The van der Waals surface area contributed by atoms with E-state index in [9.17, 15) is 0 Å². The first-order chi connectivity index (χ1) is 8.14. The van der Waals surface area contributed by atoms with Crippen LogP contribution in [0.2, 0.25) is 0 Å². The highest BCUT2D eigenvalue weighted by atomic mass is 16.5. The van der Waals surface area contributed by atoms with Crippen LogP contribution in [0.3, 0.4) is 0 Å². The monoisotopic (exact) mass is 243 g/mol. The molecule has 1 aliphatic rings. The number of hydrogen-bond acceptors (Lipinski definition) is 3. The Morgan fingerprint density at radius 2 is 2.18 bits per heavy atom. The van der Waals surface area contributed by atoms with Crippen LogP contribution in [0.25, 0.3) is 0 Å². The van der Waals surface area contributed by atoms with Crippen molar-refractivity contribution in [1.29, 1.82) is 0 Å². The van der Waals surface area contributed by atoms with Crippen molar-refractivity contribution in [2.24, 2.45) is 11.7 Å². The molecule has 1 fully saturated rings. The summed E-state index contributed by atoms with van der Waals surface area (Å²) in [4.78, 5) is 0. The van der Waals surface area contributed by atoms with Crippen molar-refractivity contribution in [1.82, 2.24) is 0 Å². The largest absolute Gasteiger partial charge is 0.380 e. The molecule has 2 N–H and O–H groups in total. The summed E-state index contributed by atoms with van der Waals surface area (Å²) in [5, 5.41) is 0. The molecule has 0 aromatic heterocycles. The van der Waals surface area contributed by atoms with Crippen LogP contribution in [0.1, 0.15) is 52.9 Å². The van der Waals surface area contributed by atoms with E-state index in [-0.39, 0.29) is 11.6 Å². The molecule has 0 heterocycles. The average Bonchev–Trinajstić information content (AvgIpc) is 2.29. The molecule has 0 bridgehead atoms. The third-order valence-corrected chi connectivity index (χ3v) is 3.74. The summed E-state index contributed by atoms with van der Waals surface area (Å²) >= 11 is 0. The fourth-order valence-electron chi connectivity index (χ4n) is 2.91. The predicted octanol–water partition coefficient (Wildman–Crippen LogP) is 2.73. The summed E-state index contributed by atoms with van der Waals surface area (Å²) in [7, 11) is 0. The van der Waals surface area contributed by atoms with Gasteiger partial charge in [-0.15, -0.1) is 0 Å². The van der Waals surface area contributed by atoms with E-state index in [2.05, 4.69) is 20.8 Å². The molecule has 0 radical (unpaired) electrons. The molecular weight excluding hydrogens is 214 g/mol. The molecule has 0 aliphatic heterocycles. The van der Waals surface area contributed by atoms with Crippen LogP contribution >= 0.6 is 0 Å². The normalized spacial score (nSPS) is 31.4. The molecule has 1 aliphatic carbocycles. The van der Waals surface area contributed by atoms with E-state index in [1.54, 1.807) is 0 Å². The van der Waals surface area contributed by atoms with E-state index in [1.165, 1.54) is 12.8 Å². The zero-order chi connectivity index (χ0) is 12.7. The van der Waals surface area contributed by atoms with E-state index in [0.717, 1.165) is 32.5 Å². The van der Waals surface area contributed by atoms with Gasteiger partial charge in [-0.1, -0.05) is 26.7 Å². The lowest BCUT2D eigenvalue weighted by atomic mass is 9.75. The first-order valence-electron chi connectivity index (χ1n) is 7.12. The Morgan fingerprint density at radius 3 is 2.76 bits per heavy atom. The molecule has 0 amide bonds. The van der Waals surface area contributed by atoms with Crippen molar-refractivity contribution in [2.45, 2.75) is 64.5 Å². The van der Waals surface area contributed by atoms with Crippen molar-refractivity contribution in [3.63, 3.8) is 0 Å². The van der Waals surface area contributed by atoms with Gasteiger partial charge in [-0.2, -0.15) is 0 Å². The lowest BCUT2D eigenvalue weighted by Crippen LogP contribution is -2.55. The Bertz CT molecular complexity index is 206. The second-order valence-corrected chi connectivity index (χ2v) is 5.38. The van der Waals surface area contributed by atoms with Gasteiger partial charge in [0.15, 0.2) is 0 Å². The van der Waals surface area contributed by atoms with E-state index in [4.69, 9.17) is 15.2 Å². The highest BCUT2D eigenvalue weighted by Gasteiger charge is 2.40. The first-order valence-corrected chi connectivity index (χ1v) is 7.12. The van der Waals surface area contributed by atoms with Crippen LogP contribution in [0, 0.1) is 5.92 Å². The predicted molar refractivity (Wildman–Crippen MR) is 71.1 cm³/mol. The molecule has 0 aromatic carbocycles. The SMILES string of the molecule is CCCOCC(N)C1(OCC)CCCC(C)C1. The van der Waals surface area contributed by atoms with Crippen LogP contribution in [0.5, 0.6) is 0 Å². The smallest absolute Gasteiger partial charge is 0.0857 e. The summed E-state index contributed by atoms with van der Waals surface area (Å²) < 4.78 is 11.6. The second-order valence-electron chi connectivity index (χ2n) is 5.38. The Kier molecular flexibility index (Phi) is 6.45. The van der Waals surface area contributed by atoms with Crippen LogP contribution in [0.4, 0.5) is 0 Å².